The van der Waals surface area contributed by atoms with Crippen LogP contribution in [-0.4, -0.2) is 22.8 Å². The van der Waals surface area contributed by atoms with Crippen LogP contribution < -0.4 is 5.32 Å². The van der Waals surface area contributed by atoms with Gasteiger partial charge < -0.3 is 10.2 Å². The summed E-state index contributed by atoms with van der Waals surface area (Å²) >= 11 is 6.54. The van der Waals surface area contributed by atoms with Crippen molar-refractivity contribution < 1.29 is 9.72 Å². The number of nitrogens with zero attached hydrogens (tertiary/aromatic N) is 2. The molecular weight excluding hydrogens is 450 g/mol. The number of nitrogens with one attached hydrogen (secondary N) is 1. The van der Waals surface area contributed by atoms with Crippen molar-refractivity contribution in [2.75, 3.05) is 12.4 Å². The third-order valence-electron chi connectivity index (χ3n) is 6.76. The molecule has 0 saturated carbocycles. The minimum Gasteiger partial charge on any atom is -0.377 e. The third-order valence-corrected chi connectivity index (χ3v) is 7.11. The van der Waals surface area contributed by atoms with E-state index in [4.69, 9.17) is 11.6 Å². The first-order chi connectivity index (χ1) is 16.4. The predicted octanol–water partition coefficient (Wildman–Crippen LogP) is 6.35. The zero-order chi connectivity index (χ0) is 23.8. The van der Waals surface area contributed by atoms with Crippen molar-refractivity contribution in [1.29, 1.82) is 0 Å². The SMILES string of the molecule is CN(Cc1ccccc1)C(=O)c1cccc2c1NC(c1cc([N+](=O)[O-])ccc1Cl)C1CC=CC21. The first-order valence-corrected chi connectivity index (χ1v) is 11.6. The van der Waals surface area contributed by atoms with Crippen LogP contribution in [0.4, 0.5) is 11.4 Å². The number of halogens is 1. The molecule has 3 unspecified atom stereocenters. The van der Waals surface area contributed by atoms with E-state index in [2.05, 4.69) is 23.5 Å². The molecule has 5 rings (SSSR count). The monoisotopic (exact) mass is 473 g/mol. The normalized spacial score (nSPS) is 20.2. The Morgan fingerprint density at radius 1 is 1.12 bits per heavy atom. The van der Waals surface area contributed by atoms with Crippen molar-refractivity contribution in [2.45, 2.75) is 24.9 Å². The maximum absolute atomic E-state index is 13.5. The van der Waals surface area contributed by atoms with Gasteiger partial charge in [0.25, 0.3) is 11.6 Å². The quantitative estimate of drug-likeness (QED) is 0.266. The van der Waals surface area contributed by atoms with E-state index in [0.717, 1.165) is 23.2 Å². The first-order valence-electron chi connectivity index (χ1n) is 11.2. The van der Waals surface area contributed by atoms with Gasteiger partial charge in [-0.1, -0.05) is 66.2 Å². The summed E-state index contributed by atoms with van der Waals surface area (Å²) in [5.41, 5.74) is 4.15. The number of carbonyl (C=O) groups is 1. The number of nitro benzene ring substituents is 1. The van der Waals surface area contributed by atoms with Crippen LogP contribution in [-0.2, 0) is 6.54 Å². The first kappa shape index (κ1) is 22.2. The number of para-hydroxylation sites is 1. The molecule has 0 saturated heterocycles. The van der Waals surface area contributed by atoms with E-state index in [1.807, 2.05) is 42.5 Å². The standard InChI is InChI=1S/C27H24ClN3O3/c1-30(16-17-7-3-2-4-8-17)27(32)22-12-6-11-20-19-9-5-10-21(19)26(29-25(20)22)23-15-18(31(33)34)13-14-24(23)28/h2-9,11-15,19,21,26,29H,10,16H2,1H3. The van der Waals surface area contributed by atoms with Crippen LogP contribution >= 0.6 is 11.6 Å². The second kappa shape index (κ2) is 8.95. The summed E-state index contributed by atoms with van der Waals surface area (Å²) in [6.07, 6.45) is 5.14. The lowest BCUT2D eigenvalue weighted by Gasteiger charge is -2.38. The van der Waals surface area contributed by atoms with Gasteiger partial charge in [0.05, 0.1) is 22.2 Å². The maximum atomic E-state index is 13.5. The number of nitro groups is 1. The van der Waals surface area contributed by atoms with E-state index in [0.29, 0.717) is 22.7 Å². The molecule has 1 amide bonds. The Morgan fingerprint density at radius 2 is 1.91 bits per heavy atom. The van der Waals surface area contributed by atoms with Crippen molar-refractivity contribution >= 4 is 28.9 Å². The van der Waals surface area contributed by atoms with Gasteiger partial charge in [-0.25, -0.2) is 0 Å². The summed E-state index contributed by atoms with van der Waals surface area (Å²) in [5, 5.41) is 15.5. The summed E-state index contributed by atoms with van der Waals surface area (Å²) in [4.78, 5) is 26.2. The fourth-order valence-corrected chi connectivity index (χ4v) is 5.36. The highest BCUT2D eigenvalue weighted by molar-refractivity contribution is 6.31. The van der Waals surface area contributed by atoms with E-state index in [-0.39, 0.29) is 29.5 Å². The summed E-state index contributed by atoms with van der Waals surface area (Å²) in [6.45, 7) is 0.495. The number of fused-ring (bicyclic) bond motifs is 3. The molecule has 0 radical (unpaired) electrons. The van der Waals surface area contributed by atoms with Crippen molar-refractivity contribution in [1.82, 2.24) is 4.90 Å². The van der Waals surface area contributed by atoms with Gasteiger partial charge in [-0.15, -0.1) is 0 Å². The highest BCUT2D eigenvalue weighted by atomic mass is 35.5. The number of hydrogen-bond acceptors (Lipinski definition) is 4. The lowest BCUT2D eigenvalue weighted by Crippen LogP contribution is -2.33. The molecule has 0 aromatic heterocycles. The molecule has 1 aliphatic carbocycles. The lowest BCUT2D eigenvalue weighted by molar-refractivity contribution is -0.384. The Kier molecular flexibility index (Phi) is 5.84. The van der Waals surface area contributed by atoms with Gasteiger partial charge in [0.15, 0.2) is 0 Å². The van der Waals surface area contributed by atoms with Gasteiger partial charge in [-0.3, -0.25) is 14.9 Å². The van der Waals surface area contributed by atoms with Crippen LogP contribution in [0.15, 0.2) is 78.9 Å². The summed E-state index contributed by atoms with van der Waals surface area (Å²) in [5.74, 6) is 0.167. The van der Waals surface area contributed by atoms with E-state index in [9.17, 15) is 14.9 Å². The predicted molar refractivity (Wildman–Crippen MR) is 133 cm³/mol. The summed E-state index contributed by atoms with van der Waals surface area (Å²) < 4.78 is 0. The Labute approximate surface area is 203 Å². The molecule has 3 aromatic rings. The number of rotatable bonds is 5. The summed E-state index contributed by atoms with van der Waals surface area (Å²) in [7, 11) is 1.80. The number of amides is 1. The van der Waals surface area contributed by atoms with E-state index < -0.39 is 4.92 Å². The Morgan fingerprint density at radius 3 is 2.68 bits per heavy atom. The lowest BCUT2D eigenvalue weighted by atomic mass is 9.76. The fraction of sp³-hybridized carbons (Fsp3) is 0.222. The second-order valence-electron chi connectivity index (χ2n) is 8.86. The Balaban J connectivity index is 1.53. The average Bonchev–Trinajstić information content (AvgIpc) is 3.34. The highest BCUT2D eigenvalue weighted by Crippen LogP contribution is 2.52. The van der Waals surface area contributed by atoms with Gasteiger partial charge in [0.2, 0.25) is 0 Å². The van der Waals surface area contributed by atoms with Crippen LogP contribution in [0.5, 0.6) is 0 Å². The molecule has 2 aliphatic rings. The molecule has 0 bridgehead atoms. The fourth-order valence-electron chi connectivity index (χ4n) is 5.13. The van der Waals surface area contributed by atoms with E-state index >= 15 is 0 Å². The van der Waals surface area contributed by atoms with Crippen molar-refractivity contribution in [3.63, 3.8) is 0 Å². The van der Waals surface area contributed by atoms with Crippen molar-refractivity contribution in [3.05, 3.63) is 116 Å². The molecule has 7 heteroatoms. The maximum Gasteiger partial charge on any atom is 0.269 e. The zero-order valence-electron chi connectivity index (χ0n) is 18.6. The van der Waals surface area contributed by atoms with Crippen LogP contribution in [0.1, 0.15) is 45.4 Å². The van der Waals surface area contributed by atoms with Crippen LogP contribution in [0.2, 0.25) is 5.02 Å². The van der Waals surface area contributed by atoms with E-state index in [1.54, 1.807) is 24.1 Å². The van der Waals surface area contributed by atoms with Crippen molar-refractivity contribution in [2.24, 2.45) is 5.92 Å². The Bertz CT molecular complexity index is 1290. The molecule has 34 heavy (non-hydrogen) atoms. The minimum atomic E-state index is -0.408. The third kappa shape index (κ3) is 3.94. The molecule has 1 heterocycles. The molecule has 1 aliphatic heterocycles. The number of anilines is 1. The molecule has 3 atom stereocenters. The van der Waals surface area contributed by atoms with Crippen LogP contribution in [0, 0.1) is 16.0 Å². The number of non-ortho nitro benzene ring substituents is 1. The smallest absolute Gasteiger partial charge is 0.269 e. The average molecular weight is 474 g/mol. The summed E-state index contributed by atoms with van der Waals surface area (Å²) in [6, 6.07) is 20.0. The van der Waals surface area contributed by atoms with Crippen LogP contribution in [0.3, 0.4) is 0 Å². The number of carbonyl (C=O) groups excluding carboxylic acids is 1. The number of benzene rings is 3. The molecule has 1 N–H and O–H groups in total. The molecule has 0 spiro atoms. The minimum absolute atomic E-state index is 0.00135. The largest absolute Gasteiger partial charge is 0.377 e. The van der Waals surface area contributed by atoms with E-state index in [1.165, 1.54) is 6.07 Å². The molecule has 172 valence electrons. The van der Waals surface area contributed by atoms with Gasteiger partial charge in [0.1, 0.15) is 0 Å². The zero-order valence-corrected chi connectivity index (χ0v) is 19.4. The highest BCUT2D eigenvalue weighted by Gasteiger charge is 2.40. The van der Waals surface area contributed by atoms with Crippen LogP contribution in [0.25, 0.3) is 0 Å². The molecular formula is C27H24ClN3O3. The molecule has 6 nitrogen and oxygen atoms in total. The van der Waals surface area contributed by atoms with Gasteiger partial charge in [0, 0.05) is 42.2 Å². The van der Waals surface area contributed by atoms with Gasteiger partial charge in [-0.2, -0.15) is 0 Å². The molecule has 3 aromatic carbocycles. The number of hydrogen-bond donors (Lipinski definition) is 1. The molecule has 0 fully saturated rings. The van der Waals surface area contributed by atoms with Gasteiger partial charge >= 0.3 is 0 Å². The van der Waals surface area contributed by atoms with Gasteiger partial charge in [-0.05, 0) is 35.6 Å². The number of allylic oxidation sites excluding steroid dienone is 2. The van der Waals surface area contributed by atoms with Crippen molar-refractivity contribution in [3.8, 4) is 0 Å². The Hall–Kier alpha value is -3.64. The topological polar surface area (TPSA) is 75.5 Å². The second-order valence-corrected chi connectivity index (χ2v) is 9.26.